The average Bonchev–Trinajstić information content (AvgIpc) is 2.34. The summed E-state index contributed by atoms with van der Waals surface area (Å²) >= 11 is 3.35. The number of benzene rings is 1. The van der Waals surface area contributed by atoms with Crippen LogP contribution in [0.4, 0.5) is 10.5 Å². The Morgan fingerprint density at radius 2 is 2.16 bits per heavy atom. The number of carbonyl (C=O) groups excluding carboxylic acids is 1. The molecule has 1 aromatic carbocycles. The molecular weight excluding hydrogens is 316 g/mol. The maximum atomic E-state index is 11.7. The van der Waals surface area contributed by atoms with Gasteiger partial charge >= 0.3 is 12.0 Å². The Balaban J connectivity index is 2.69. The number of aryl methyl sites for hydroxylation is 1. The minimum Gasteiger partial charge on any atom is -0.480 e. The number of carbonyl (C=O) groups is 2. The lowest BCUT2D eigenvalue weighted by atomic mass is 10.2. The highest BCUT2D eigenvalue weighted by Gasteiger charge is 2.20. The van der Waals surface area contributed by atoms with Crippen molar-refractivity contribution in [3.63, 3.8) is 0 Å². The summed E-state index contributed by atoms with van der Waals surface area (Å²) in [5.41, 5.74) is 1.53. The molecule has 1 atom stereocenters. The minimum absolute atomic E-state index is 0.0995. The van der Waals surface area contributed by atoms with E-state index in [9.17, 15) is 9.59 Å². The van der Waals surface area contributed by atoms with Crippen LogP contribution < -0.4 is 10.6 Å². The Bertz CT molecular complexity index is 479. The van der Waals surface area contributed by atoms with Crippen molar-refractivity contribution >= 4 is 33.6 Å². The van der Waals surface area contributed by atoms with Gasteiger partial charge in [0.2, 0.25) is 0 Å². The molecule has 0 bridgehead atoms. The van der Waals surface area contributed by atoms with Gasteiger partial charge in [0, 0.05) is 11.6 Å². The van der Waals surface area contributed by atoms with Crippen LogP contribution in [-0.2, 0) is 9.53 Å². The van der Waals surface area contributed by atoms with Gasteiger partial charge in [0.1, 0.15) is 0 Å². The summed E-state index contributed by atoms with van der Waals surface area (Å²) in [6.07, 6.45) is 0. The van der Waals surface area contributed by atoms with Crippen LogP contribution in [0.25, 0.3) is 0 Å². The van der Waals surface area contributed by atoms with Gasteiger partial charge in [-0.15, -0.1) is 0 Å². The monoisotopic (exact) mass is 330 g/mol. The predicted molar refractivity (Wildman–Crippen MR) is 74.3 cm³/mol. The second-order valence-corrected chi connectivity index (χ2v) is 4.67. The summed E-state index contributed by atoms with van der Waals surface area (Å²) in [5, 5.41) is 13.8. The van der Waals surface area contributed by atoms with E-state index < -0.39 is 18.0 Å². The highest BCUT2D eigenvalue weighted by Crippen LogP contribution is 2.25. The highest BCUT2D eigenvalue weighted by atomic mass is 79.9. The van der Waals surface area contributed by atoms with Gasteiger partial charge in [-0.1, -0.05) is 12.1 Å². The van der Waals surface area contributed by atoms with E-state index >= 15 is 0 Å². The zero-order chi connectivity index (χ0) is 14.4. The Kier molecular flexibility index (Phi) is 5.78. The van der Waals surface area contributed by atoms with Crippen molar-refractivity contribution in [2.75, 3.05) is 19.0 Å². The fourth-order valence-corrected chi connectivity index (χ4v) is 1.77. The van der Waals surface area contributed by atoms with Gasteiger partial charge in [-0.3, -0.25) is 0 Å². The van der Waals surface area contributed by atoms with E-state index in [0.29, 0.717) is 5.69 Å². The number of amides is 2. The first-order valence-electron chi connectivity index (χ1n) is 5.50. The molecule has 1 aromatic rings. The number of rotatable bonds is 5. The van der Waals surface area contributed by atoms with Crippen LogP contribution in [0, 0.1) is 6.92 Å². The summed E-state index contributed by atoms with van der Waals surface area (Å²) < 4.78 is 5.48. The van der Waals surface area contributed by atoms with E-state index in [2.05, 4.69) is 26.6 Å². The van der Waals surface area contributed by atoms with E-state index in [1.165, 1.54) is 7.11 Å². The van der Waals surface area contributed by atoms with Crippen molar-refractivity contribution in [3.05, 3.63) is 28.2 Å². The number of ether oxygens (including phenoxy) is 1. The smallest absolute Gasteiger partial charge is 0.328 e. The summed E-state index contributed by atoms with van der Waals surface area (Å²) in [6.45, 7) is 1.79. The normalized spacial score (nSPS) is 11.7. The van der Waals surface area contributed by atoms with Crippen LogP contribution in [0.15, 0.2) is 22.7 Å². The minimum atomic E-state index is -1.15. The molecule has 0 heterocycles. The van der Waals surface area contributed by atoms with Gasteiger partial charge in [-0.05, 0) is 34.5 Å². The van der Waals surface area contributed by atoms with Crippen molar-refractivity contribution in [2.45, 2.75) is 13.0 Å². The molecule has 2 amide bonds. The second-order valence-electron chi connectivity index (χ2n) is 3.88. The number of hydrogen-bond acceptors (Lipinski definition) is 3. The zero-order valence-electron chi connectivity index (χ0n) is 10.6. The number of anilines is 1. The quantitative estimate of drug-likeness (QED) is 0.770. The summed E-state index contributed by atoms with van der Waals surface area (Å²) in [4.78, 5) is 22.6. The first-order chi connectivity index (χ1) is 8.95. The number of methoxy groups -OCH3 is 1. The van der Waals surface area contributed by atoms with Crippen molar-refractivity contribution in [1.82, 2.24) is 5.32 Å². The Labute approximate surface area is 119 Å². The van der Waals surface area contributed by atoms with Crippen LogP contribution in [0.2, 0.25) is 0 Å². The topological polar surface area (TPSA) is 87.7 Å². The first kappa shape index (κ1) is 15.5. The van der Waals surface area contributed by atoms with E-state index in [1.807, 2.05) is 13.0 Å². The van der Waals surface area contributed by atoms with Crippen molar-refractivity contribution in [3.8, 4) is 0 Å². The average molecular weight is 331 g/mol. The Hall–Kier alpha value is -1.60. The molecule has 0 radical (unpaired) electrons. The first-order valence-corrected chi connectivity index (χ1v) is 6.29. The fraction of sp³-hybridized carbons (Fsp3) is 0.333. The van der Waals surface area contributed by atoms with Gasteiger partial charge in [0.25, 0.3) is 0 Å². The molecule has 104 valence electrons. The third-order valence-electron chi connectivity index (χ3n) is 2.38. The highest BCUT2D eigenvalue weighted by molar-refractivity contribution is 9.10. The number of urea groups is 1. The molecule has 0 aliphatic heterocycles. The largest absolute Gasteiger partial charge is 0.480 e. The third-order valence-corrected chi connectivity index (χ3v) is 3.43. The van der Waals surface area contributed by atoms with E-state index in [-0.39, 0.29) is 6.61 Å². The van der Waals surface area contributed by atoms with Crippen LogP contribution in [0.1, 0.15) is 5.56 Å². The number of aliphatic carboxylic acids is 1. The molecule has 1 rings (SSSR count). The third kappa shape index (κ3) is 4.53. The number of hydrogen-bond donors (Lipinski definition) is 3. The van der Waals surface area contributed by atoms with E-state index in [0.717, 1.165) is 10.0 Å². The maximum Gasteiger partial charge on any atom is 0.328 e. The van der Waals surface area contributed by atoms with Gasteiger partial charge < -0.3 is 20.5 Å². The lowest BCUT2D eigenvalue weighted by Gasteiger charge is -2.15. The molecule has 0 saturated carbocycles. The molecule has 0 aliphatic rings. The van der Waals surface area contributed by atoms with Gasteiger partial charge in [-0.25, -0.2) is 9.59 Å². The summed E-state index contributed by atoms with van der Waals surface area (Å²) in [7, 11) is 1.37. The lowest BCUT2D eigenvalue weighted by molar-refractivity contribution is -0.140. The van der Waals surface area contributed by atoms with Crippen LogP contribution >= 0.6 is 15.9 Å². The molecule has 0 aliphatic carbocycles. The number of halogens is 1. The van der Waals surface area contributed by atoms with Crippen molar-refractivity contribution < 1.29 is 19.4 Å². The molecule has 6 nitrogen and oxygen atoms in total. The molecule has 0 fully saturated rings. The molecule has 0 spiro atoms. The lowest BCUT2D eigenvalue weighted by Crippen LogP contribution is -2.45. The molecule has 0 saturated heterocycles. The maximum absolute atomic E-state index is 11.7. The van der Waals surface area contributed by atoms with Crippen LogP contribution in [-0.4, -0.2) is 36.9 Å². The predicted octanol–water partition coefficient (Wildman–Crippen LogP) is 1.98. The van der Waals surface area contributed by atoms with Crippen LogP contribution in [0.3, 0.4) is 0 Å². The Morgan fingerprint density at radius 1 is 1.47 bits per heavy atom. The molecule has 0 aromatic heterocycles. The molecule has 1 unspecified atom stereocenters. The fourth-order valence-electron chi connectivity index (χ4n) is 1.40. The molecule has 3 N–H and O–H groups in total. The van der Waals surface area contributed by atoms with E-state index in [1.54, 1.807) is 12.1 Å². The number of carboxylic acid groups (broad SMARTS) is 1. The standard InChI is InChI=1S/C12H15BrN2O4/c1-7-4-3-5-8(10(7)13)14-12(18)15-9(6-19-2)11(16)17/h3-5,9H,6H2,1-2H3,(H,16,17)(H2,14,15,18). The number of nitrogens with one attached hydrogen (secondary N) is 2. The molecule has 19 heavy (non-hydrogen) atoms. The number of carboxylic acids is 1. The Morgan fingerprint density at radius 3 is 2.74 bits per heavy atom. The zero-order valence-corrected chi connectivity index (χ0v) is 12.2. The van der Waals surface area contributed by atoms with Gasteiger partial charge in [0.15, 0.2) is 6.04 Å². The second kappa shape index (κ2) is 7.10. The van der Waals surface area contributed by atoms with Crippen LogP contribution in [0.5, 0.6) is 0 Å². The van der Waals surface area contributed by atoms with E-state index in [4.69, 9.17) is 9.84 Å². The SMILES string of the molecule is COCC(NC(=O)Nc1cccc(C)c1Br)C(=O)O. The van der Waals surface area contributed by atoms with Crippen molar-refractivity contribution in [1.29, 1.82) is 0 Å². The summed E-state index contributed by atoms with van der Waals surface area (Å²) in [6, 6.07) is 3.70. The molecule has 7 heteroatoms. The summed E-state index contributed by atoms with van der Waals surface area (Å²) in [5.74, 6) is -1.15. The van der Waals surface area contributed by atoms with Gasteiger partial charge in [0.05, 0.1) is 12.3 Å². The van der Waals surface area contributed by atoms with Crippen molar-refractivity contribution in [2.24, 2.45) is 0 Å². The van der Waals surface area contributed by atoms with Gasteiger partial charge in [-0.2, -0.15) is 0 Å². The molecular formula is C12H15BrN2O4.